The number of benzene rings is 1. The maximum atomic E-state index is 14.0. The maximum Gasteiger partial charge on any atom is 0.168 e. The van der Waals surface area contributed by atoms with E-state index in [9.17, 15) is 8.78 Å². The second kappa shape index (κ2) is 6.70. The average Bonchev–Trinajstić information content (AvgIpc) is 2.46. The summed E-state index contributed by atoms with van der Waals surface area (Å²) in [5.74, 6) is -1.05. The summed E-state index contributed by atoms with van der Waals surface area (Å²) in [5.41, 5.74) is -0.0395. The fourth-order valence-electron chi connectivity index (χ4n) is 2.68. The Labute approximate surface area is 122 Å². The summed E-state index contributed by atoms with van der Waals surface area (Å²) in [5, 5.41) is -0.0600. The van der Waals surface area contributed by atoms with Crippen LogP contribution in [0.3, 0.4) is 0 Å². The van der Waals surface area contributed by atoms with Crippen LogP contribution in [0.4, 0.5) is 14.5 Å². The van der Waals surface area contributed by atoms with Crippen LogP contribution in [0, 0.1) is 17.6 Å². The van der Waals surface area contributed by atoms with Crippen molar-refractivity contribution in [1.29, 1.82) is 0 Å². The summed E-state index contributed by atoms with van der Waals surface area (Å²) < 4.78 is 38.3. The third-order valence-electron chi connectivity index (χ3n) is 3.73. The molecule has 1 aliphatic heterocycles. The van der Waals surface area contributed by atoms with Crippen molar-refractivity contribution < 1.29 is 18.3 Å². The number of hydrogen-bond donors (Lipinski definition) is 0. The highest BCUT2D eigenvalue weighted by Gasteiger charge is 2.29. The van der Waals surface area contributed by atoms with Crippen LogP contribution < -0.4 is 4.90 Å². The number of nitrogens with zero attached hydrogens (tertiary/aromatic N) is 1. The van der Waals surface area contributed by atoms with Crippen LogP contribution in [0.25, 0.3) is 0 Å². The summed E-state index contributed by atoms with van der Waals surface area (Å²) in [4.78, 5) is 1.69. The zero-order valence-electron chi connectivity index (χ0n) is 11.5. The molecular formula is C14H18ClF2NO2. The Morgan fingerprint density at radius 3 is 2.35 bits per heavy atom. The van der Waals surface area contributed by atoms with Gasteiger partial charge in [-0.25, -0.2) is 8.78 Å². The van der Waals surface area contributed by atoms with Crippen molar-refractivity contribution in [2.45, 2.75) is 19.1 Å². The van der Waals surface area contributed by atoms with E-state index in [1.54, 1.807) is 19.1 Å². The Balaban J connectivity index is 2.10. The van der Waals surface area contributed by atoms with Crippen molar-refractivity contribution in [3.05, 3.63) is 28.8 Å². The number of piperidine rings is 1. The minimum atomic E-state index is -0.694. The Hall–Kier alpha value is -0.910. The topological polar surface area (TPSA) is 21.7 Å². The fourth-order valence-corrected chi connectivity index (χ4v) is 2.84. The van der Waals surface area contributed by atoms with Crippen LogP contribution in [0.2, 0.25) is 5.02 Å². The molecule has 0 aliphatic carbocycles. The molecule has 6 heteroatoms. The molecule has 3 nitrogen and oxygen atoms in total. The molecule has 0 bridgehead atoms. The standard InChI is InChI=1S/C14H18ClF2NO2/c1-19-14(20-2)9-5-7-18(8-6-9)13-11(16)4-3-10(15)12(13)17/h3-4,9,14H,5-8H2,1-2H3. The normalized spacial score (nSPS) is 17.0. The van der Waals surface area contributed by atoms with Gasteiger partial charge in [-0.05, 0) is 25.0 Å². The van der Waals surface area contributed by atoms with E-state index in [0.29, 0.717) is 13.1 Å². The van der Waals surface area contributed by atoms with Crippen molar-refractivity contribution in [2.75, 3.05) is 32.2 Å². The van der Waals surface area contributed by atoms with E-state index in [0.717, 1.165) is 12.8 Å². The third-order valence-corrected chi connectivity index (χ3v) is 4.02. The molecule has 0 amide bonds. The summed E-state index contributed by atoms with van der Waals surface area (Å²) >= 11 is 5.72. The van der Waals surface area contributed by atoms with E-state index in [-0.39, 0.29) is 22.9 Å². The highest BCUT2D eigenvalue weighted by atomic mass is 35.5. The molecule has 1 aromatic carbocycles. The van der Waals surface area contributed by atoms with Gasteiger partial charge in [0.25, 0.3) is 0 Å². The molecule has 0 saturated carbocycles. The van der Waals surface area contributed by atoms with Crippen molar-refractivity contribution in [3.63, 3.8) is 0 Å². The smallest absolute Gasteiger partial charge is 0.168 e. The van der Waals surface area contributed by atoms with Gasteiger partial charge in [0.15, 0.2) is 12.1 Å². The molecule has 1 aromatic rings. The molecule has 20 heavy (non-hydrogen) atoms. The number of hydrogen-bond acceptors (Lipinski definition) is 3. The third kappa shape index (κ3) is 3.05. The molecule has 0 N–H and O–H groups in total. The van der Waals surface area contributed by atoms with E-state index in [1.807, 2.05) is 0 Å². The van der Waals surface area contributed by atoms with E-state index < -0.39 is 11.6 Å². The molecule has 1 aliphatic rings. The van der Waals surface area contributed by atoms with E-state index in [1.165, 1.54) is 12.1 Å². The summed E-state index contributed by atoms with van der Waals surface area (Å²) in [6, 6.07) is 2.42. The first kappa shape index (κ1) is 15.5. The van der Waals surface area contributed by atoms with Gasteiger partial charge in [0.2, 0.25) is 0 Å². The SMILES string of the molecule is COC(OC)C1CCN(c2c(F)ccc(Cl)c2F)CC1. The Kier molecular flexibility index (Phi) is 5.18. The van der Waals surface area contributed by atoms with Crippen LogP contribution in [0.15, 0.2) is 12.1 Å². The zero-order valence-corrected chi connectivity index (χ0v) is 12.3. The molecule has 112 valence electrons. The van der Waals surface area contributed by atoms with Crippen LogP contribution in [0.1, 0.15) is 12.8 Å². The lowest BCUT2D eigenvalue weighted by atomic mass is 9.95. The van der Waals surface area contributed by atoms with Gasteiger partial charge < -0.3 is 14.4 Å². The van der Waals surface area contributed by atoms with Gasteiger partial charge in [-0.3, -0.25) is 0 Å². The number of anilines is 1. The first-order chi connectivity index (χ1) is 9.58. The van der Waals surface area contributed by atoms with E-state index in [2.05, 4.69) is 0 Å². The summed E-state index contributed by atoms with van der Waals surface area (Å²) in [7, 11) is 3.19. The molecule has 0 radical (unpaired) electrons. The fraction of sp³-hybridized carbons (Fsp3) is 0.571. The van der Waals surface area contributed by atoms with Gasteiger partial charge in [0.1, 0.15) is 11.5 Å². The first-order valence-electron chi connectivity index (χ1n) is 6.52. The Morgan fingerprint density at radius 2 is 1.80 bits per heavy atom. The van der Waals surface area contributed by atoms with Crippen molar-refractivity contribution in [2.24, 2.45) is 5.92 Å². The lowest BCUT2D eigenvalue weighted by Gasteiger charge is -2.36. The van der Waals surface area contributed by atoms with Crippen LogP contribution in [0.5, 0.6) is 0 Å². The Bertz CT molecular complexity index is 461. The minimum Gasteiger partial charge on any atom is -0.367 e. The highest BCUT2D eigenvalue weighted by Crippen LogP contribution is 2.33. The zero-order chi connectivity index (χ0) is 14.7. The van der Waals surface area contributed by atoms with Gasteiger partial charge in [-0.2, -0.15) is 0 Å². The van der Waals surface area contributed by atoms with Crippen molar-refractivity contribution >= 4 is 17.3 Å². The molecule has 0 aromatic heterocycles. The van der Waals surface area contributed by atoms with Gasteiger partial charge >= 0.3 is 0 Å². The van der Waals surface area contributed by atoms with Gasteiger partial charge in [0.05, 0.1) is 5.02 Å². The monoisotopic (exact) mass is 305 g/mol. The lowest BCUT2D eigenvalue weighted by Crippen LogP contribution is -2.39. The number of ether oxygens (including phenoxy) is 2. The van der Waals surface area contributed by atoms with Gasteiger partial charge in [-0.15, -0.1) is 0 Å². The van der Waals surface area contributed by atoms with Crippen molar-refractivity contribution in [1.82, 2.24) is 0 Å². The number of rotatable bonds is 4. The molecule has 0 unspecified atom stereocenters. The predicted molar refractivity (Wildman–Crippen MR) is 74.1 cm³/mol. The quantitative estimate of drug-likeness (QED) is 0.628. The van der Waals surface area contributed by atoms with Crippen molar-refractivity contribution in [3.8, 4) is 0 Å². The first-order valence-corrected chi connectivity index (χ1v) is 6.90. The predicted octanol–water partition coefficient (Wildman–Crippen LogP) is 3.45. The highest BCUT2D eigenvalue weighted by molar-refractivity contribution is 6.31. The van der Waals surface area contributed by atoms with Crippen LogP contribution >= 0.6 is 11.6 Å². The summed E-state index contributed by atoms with van der Waals surface area (Å²) in [6.07, 6.45) is 1.22. The van der Waals surface area contributed by atoms with Gasteiger partial charge in [-0.1, -0.05) is 11.6 Å². The van der Waals surface area contributed by atoms with Crippen LogP contribution in [-0.2, 0) is 9.47 Å². The molecule has 2 rings (SSSR count). The average molecular weight is 306 g/mol. The van der Waals surface area contributed by atoms with Gasteiger partial charge in [0, 0.05) is 33.2 Å². The molecule has 1 saturated heterocycles. The molecule has 1 heterocycles. The number of halogens is 3. The molecule has 0 spiro atoms. The van der Waals surface area contributed by atoms with Crippen LogP contribution in [-0.4, -0.2) is 33.6 Å². The molecule has 1 fully saturated rings. The molecular weight excluding hydrogens is 288 g/mol. The van der Waals surface area contributed by atoms with E-state index in [4.69, 9.17) is 21.1 Å². The number of methoxy groups -OCH3 is 2. The minimum absolute atomic E-state index is 0.0395. The summed E-state index contributed by atoms with van der Waals surface area (Å²) in [6.45, 7) is 1.09. The maximum absolute atomic E-state index is 14.0. The second-order valence-corrected chi connectivity index (χ2v) is 5.26. The largest absolute Gasteiger partial charge is 0.367 e. The lowest BCUT2D eigenvalue weighted by molar-refractivity contribution is -0.141. The van der Waals surface area contributed by atoms with E-state index >= 15 is 0 Å². The second-order valence-electron chi connectivity index (χ2n) is 4.86. The molecule has 0 atom stereocenters. The Morgan fingerprint density at radius 1 is 1.20 bits per heavy atom.